The van der Waals surface area contributed by atoms with Gasteiger partial charge in [-0.1, -0.05) is 43.3 Å². The number of aliphatic imine (C=N–C) groups is 1. The summed E-state index contributed by atoms with van der Waals surface area (Å²) in [4.78, 5) is 30.4. The Morgan fingerprint density at radius 1 is 1.17 bits per heavy atom. The minimum atomic E-state index is -5.15. The lowest BCUT2D eigenvalue weighted by Crippen LogP contribution is -2.63. The summed E-state index contributed by atoms with van der Waals surface area (Å²) in [5.74, 6) is -2.27. The van der Waals surface area contributed by atoms with Crippen molar-refractivity contribution in [1.82, 2.24) is 10.2 Å². The highest BCUT2D eigenvalue weighted by atomic mass is 19.4. The first-order valence-corrected chi connectivity index (χ1v) is 9.24. The standard InChI is InChI=1S/C21H20F3N3O3/c1-3-12-27-17(14-8-5-4-6-9-14)25-20(19(27)29,21(22,23)24)26-18(28)15-10-7-11-16(13-15)30-2/h4-11,13H,3,12H2,1-2H3,(H,26,28)/t20-/m1/s1. The van der Waals surface area contributed by atoms with Crippen molar-refractivity contribution in [3.05, 3.63) is 65.7 Å². The summed E-state index contributed by atoms with van der Waals surface area (Å²) < 4.78 is 47.6. The number of nitrogens with zero attached hydrogens (tertiary/aromatic N) is 2. The Labute approximate surface area is 171 Å². The van der Waals surface area contributed by atoms with Crippen LogP contribution in [0.5, 0.6) is 5.75 Å². The number of methoxy groups -OCH3 is 1. The normalized spacial score (nSPS) is 18.9. The van der Waals surface area contributed by atoms with Gasteiger partial charge in [0.1, 0.15) is 11.6 Å². The number of hydrogen-bond acceptors (Lipinski definition) is 4. The number of nitrogens with one attached hydrogen (secondary N) is 1. The SMILES string of the molecule is CCCN1C(=O)[C@@](NC(=O)c2cccc(OC)c2)(C(F)(F)F)N=C1c1ccccc1. The molecule has 2 aromatic rings. The molecule has 1 aliphatic heterocycles. The van der Waals surface area contributed by atoms with E-state index in [1.54, 1.807) is 43.3 Å². The van der Waals surface area contributed by atoms with E-state index in [1.807, 2.05) is 5.32 Å². The lowest BCUT2D eigenvalue weighted by Gasteiger charge is -2.29. The van der Waals surface area contributed by atoms with Crippen LogP contribution in [0, 0.1) is 0 Å². The molecule has 0 bridgehead atoms. The first kappa shape index (κ1) is 21.4. The quantitative estimate of drug-likeness (QED) is 0.780. The molecule has 0 saturated heterocycles. The molecule has 158 valence electrons. The van der Waals surface area contributed by atoms with Crippen LogP contribution in [0.3, 0.4) is 0 Å². The van der Waals surface area contributed by atoms with Crippen molar-refractivity contribution in [2.45, 2.75) is 25.2 Å². The molecule has 2 aromatic carbocycles. The van der Waals surface area contributed by atoms with Crippen LogP contribution in [-0.2, 0) is 4.79 Å². The van der Waals surface area contributed by atoms with E-state index in [0.717, 1.165) is 4.90 Å². The zero-order valence-corrected chi connectivity index (χ0v) is 16.4. The van der Waals surface area contributed by atoms with Crippen LogP contribution in [0.1, 0.15) is 29.3 Å². The van der Waals surface area contributed by atoms with Gasteiger partial charge in [-0.2, -0.15) is 13.2 Å². The molecular weight excluding hydrogens is 399 g/mol. The number of ether oxygens (including phenoxy) is 1. The largest absolute Gasteiger partial charge is 0.497 e. The highest BCUT2D eigenvalue weighted by Gasteiger charge is 2.67. The van der Waals surface area contributed by atoms with Crippen LogP contribution >= 0.6 is 0 Å². The third-order valence-corrected chi connectivity index (χ3v) is 4.60. The van der Waals surface area contributed by atoms with E-state index in [0.29, 0.717) is 17.7 Å². The highest BCUT2D eigenvalue weighted by molar-refractivity contribution is 6.16. The second-order valence-electron chi connectivity index (χ2n) is 6.65. The van der Waals surface area contributed by atoms with Gasteiger partial charge in [0.15, 0.2) is 0 Å². The van der Waals surface area contributed by atoms with Gasteiger partial charge in [0.2, 0.25) is 0 Å². The fourth-order valence-electron chi connectivity index (χ4n) is 3.13. The predicted molar refractivity (Wildman–Crippen MR) is 104 cm³/mol. The van der Waals surface area contributed by atoms with E-state index in [2.05, 4.69) is 4.99 Å². The lowest BCUT2D eigenvalue weighted by atomic mass is 10.1. The van der Waals surface area contributed by atoms with E-state index in [1.165, 1.54) is 25.3 Å². The smallest absolute Gasteiger partial charge is 0.442 e. The summed E-state index contributed by atoms with van der Waals surface area (Å²) in [6.45, 7) is 1.76. The number of alkyl halides is 3. The van der Waals surface area contributed by atoms with Crippen LogP contribution in [0.25, 0.3) is 0 Å². The molecule has 0 unspecified atom stereocenters. The van der Waals surface area contributed by atoms with Crippen molar-refractivity contribution >= 4 is 17.6 Å². The van der Waals surface area contributed by atoms with Crippen LogP contribution in [0.4, 0.5) is 13.2 Å². The molecule has 1 atom stereocenters. The van der Waals surface area contributed by atoms with Crippen molar-refractivity contribution in [3.8, 4) is 5.75 Å². The monoisotopic (exact) mass is 419 g/mol. The number of amidine groups is 1. The Hall–Kier alpha value is -3.36. The molecule has 0 aromatic heterocycles. The van der Waals surface area contributed by atoms with Crippen molar-refractivity contribution in [2.75, 3.05) is 13.7 Å². The van der Waals surface area contributed by atoms with Crippen LogP contribution in [0.15, 0.2) is 59.6 Å². The maximum atomic E-state index is 14.2. The van der Waals surface area contributed by atoms with E-state index in [9.17, 15) is 22.8 Å². The number of halogens is 3. The Kier molecular flexibility index (Phi) is 5.82. The summed E-state index contributed by atoms with van der Waals surface area (Å²) >= 11 is 0. The number of amides is 2. The first-order chi connectivity index (χ1) is 14.2. The van der Waals surface area contributed by atoms with Gasteiger partial charge in [-0.25, -0.2) is 4.99 Å². The number of carbonyl (C=O) groups excluding carboxylic acids is 2. The number of benzene rings is 2. The minimum absolute atomic E-state index is 0.0272. The number of hydrogen-bond donors (Lipinski definition) is 1. The Balaban J connectivity index is 2.08. The molecule has 3 rings (SSSR count). The summed E-state index contributed by atoms with van der Waals surface area (Å²) in [6, 6.07) is 13.7. The fourth-order valence-corrected chi connectivity index (χ4v) is 3.13. The van der Waals surface area contributed by atoms with E-state index in [-0.39, 0.29) is 17.9 Å². The molecule has 0 spiro atoms. The van der Waals surface area contributed by atoms with Crippen LogP contribution in [0.2, 0.25) is 0 Å². The topological polar surface area (TPSA) is 71.0 Å². The van der Waals surface area contributed by atoms with Gasteiger partial charge in [0, 0.05) is 17.7 Å². The summed E-state index contributed by atoms with van der Waals surface area (Å²) in [5.41, 5.74) is -3.15. The van der Waals surface area contributed by atoms with Crippen molar-refractivity contribution in [3.63, 3.8) is 0 Å². The van der Waals surface area contributed by atoms with Gasteiger partial charge in [-0.15, -0.1) is 0 Å². The third-order valence-electron chi connectivity index (χ3n) is 4.60. The summed E-state index contributed by atoms with van der Waals surface area (Å²) in [6.07, 6.45) is -4.74. The number of carbonyl (C=O) groups is 2. The van der Waals surface area contributed by atoms with Gasteiger partial charge < -0.3 is 10.1 Å². The summed E-state index contributed by atoms with van der Waals surface area (Å²) in [5, 5.41) is 1.84. The Morgan fingerprint density at radius 2 is 1.87 bits per heavy atom. The van der Waals surface area contributed by atoms with Crippen LogP contribution < -0.4 is 10.1 Å². The zero-order chi connectivity index (χ0) is 21.9. The predicted octanol–water partition coefficient (Wildman–Crippen LogP) is 3.38. The van der Waals surface area contributed by atoms with Gasteiger partial charge >= 0.3 is 11.8 Å². The summed E-state index contributed by atoms with van der Waals surface area (Å²) in [7, 11) is 1.37. The molecule has 0 saturated carbocycles. The Morgan fingerprint density at radius 3 is 2.47 bits per heavy atom. The molecule has 6 nitrogen and oxygen atoms in total. The van der Waals surface area contributed by atoms with Crippen molar-refractivity contribution in [1.29, 1.82) is 0 Å². The van der Waals surface area contributed by atoms with E-state index in [4.69, 9.17) is 4.74 Å². The van der Waals surface area contributed by atoms with Gasteiger partial charge in [-0.3, -0.25) is 14.5 Å². The maximum absolute atomic E-state index is 14.2. The third kappa shape index (κ3) is 3.74. The molecular formula is C21H20F3N3O3. The number of rotatable bonds is 6. The van der Waals surface area contributed by atoms with Crippen molar-refractivity contribution in [2.24, 2.45) is 4.99 Å². The van der Waals surface area contributed by atoms with Gasteiger partial charge in [0.25, 0.3) is 11.8 Å². The molecule has 0 radical (unpaired) electrons. The Bertz CT molecular complexity index is 976. The molecule has 0 aliphatic carbocycles. The highest BCUT2D eigenvalue weighted by Crippen LogP contribution is 2.38. The van der Waals surface area contributed by atoms with Crippen molar-refractivity contribution < 1.29 is 27.5 Å². The second-order valence-corrected chi connectivity index (χ2v) is 6.65. The average molecular weight is 419 g/mol. The average Bonchev–Trinajstić information content (AvgIpc) is 3.02. The van der Waals surface area contributed by atoms with Gasteiger partial charge in [0.05, 0.1) is 7.11 Å². The maximum Gasteiger partial charge on any atom is 0.442 e. The first-order valence-electron chi connectivity index (χ1n) is 9.24. The molecule has 1 N–H and O–H groups in total. The second kappa shape index (κ2) is 8.17. The van der Waals surface area contributed by atoms with E-state index < -0.39 is 23.7 Å². The van der Waals surface area contributed by atoms with E-state index >= 15 is 0 Å². The van der Waals surface area contributed by atoms with Gasteiger partial charge in [-0.05, 0) is 24.6 Å². The molecule has 0 fully saturated rings. The molecule has 1 aliphatic rings. The van der Waals surface area contributed by atoms with Crippen LogP contribution in [-0.4, -0.2) is 48.0 Å². The zero-order valence-electron chi connectivity index (χ0n) is 16.4. The minimum Gasteiger partial charge on any atom is -0.497 e. The lowest BCUT2D eigenvalue weighted by molar-refractivity contribution is -0.196. The molecule has 2 amide bonds. The molecule has 9 heteroatoms. The molecule has 30 heavy (non-hydrogen) atoms. The fraction of sp³-hybridized carbons (Fsp3) is 0.286. The molecule has 1 heterocycles.